The minimum Gasteiger partial charge on any atom is -0.223 e. The molecule has 19 heavy (non-hydrogen) atoms. The number of benzene rings is 1. The van der Waals surface area contributed by atoms with E-state index in [1.807, 2.05) is 6.92 Å². The zero-order chi connectivity index (χ0) is 14.2. The van der Waals surface area contributed by atoms with Gasteiger partial charge in [0.25, 0.3) is 10.0 Å². The highest BCUT2D eigenvalue weighted by molar-refractivity contribution is 7.89. The maximum atomic E-state index is 11.6. The summed E-state index contributed by atoms with van der Waals surface area (Å²) in [5.74, 6) is 0. The molecule has 1 aromatic carbocycles. The van der Waals surface area contributed by atoms with Gasteiger partial charge >= 0.3 is 0 Å². The van der Waals surface area contributed by atoms with Crippen molar-refractivity contribution in [2.75, 3.05) is 0 Å². The van der Waals surface area contributed by atoms with E-state index in [1.54, 1.807) is 12.1 Å². The number of hydrogen-bond donors (Lipinski definition) is 1. The number of nitrogens with two attached hydrogens (primary N) is 1. The number of primary sulfonamides is 1. The van der Waals surface area contributed by atoms with Crippen molar-refractivity contribution in [3.05, 3.63) is 40.0 Å². The van der Waals surface area contributed by atoms with E-state index in [0.717, 1.165) is 0 Å². The van der Waals surface area contributed by atoms with E-state index in [9.17, 15) is 8.42 Å². The zero-order valence-corrected chi connectivity index (χ0v) is 12.3. The van der Waals surface area contributed by atoms with E-state index in [-0.39, 0.29) is 5.03 Å². The van der Waals surface area contributed by atoms with E-state index in [2.05, 4.69) is 5.10 Å². The van der Waals surface area contributed by atoms with Crippen molar-refractivity contribution in [1.29, 1.82) is 0 Å². The van der Waals surface area contributed by atoms with E-state index in [1.165, 1.54) is 16.8 Å². The smallest absolute Gasteiger partial charge is 0.223 e. The summed E-state index contributed by atoms with van der Waals surface area (Å²) in [5, 5.41) is 9.99. The highest BCUT2D eigenvalue weighted by Gasteiger charge is 2.18. The van der Waals surface area contributed by atoms with E-state index in [4.69, 9.17) is 28.3 Å². The van der Waals surface area contributed by atoms with Crippen molar-refractivity contribution >= 4 is 33.2 Å². The van der Waals surface area contributed by atoms with Gasteiger partial charge in [-0.05, 0) is 24.6 Å². The first-order chi connectivity index (χ1) is 8.82. The lowest BCUT2D eigenvalue weighted by Gasteiger charge is -2.06. The Hall–Kier alpha value is -1.08. The molecule has 102 valence electrons. The summed E-state index contributed by atoms with van der Waals surface area (Å²) in [6.45, 7) is 1.87. The monoisotopic (exact) mass is 319 g/mol. The van der Waals surface area contributed by atoms with Gasteiger partial charge in [-0.1, -0.05) is 30.1 Å². The Morgan fingerprint density at radius 2 is 1.95 bits per heavy atom. The normalized spacial score (nSPS) is 11.8. The molecule has 0 aliphatic rings. The number of rotatable bonds is 3. The molecule has 0 saturated carbocycles. The topological polar surface area (TPSA) is 78.0 Å². The minimum absolute atomic E-state index is 0.0808. The SMILES string of the molecule is CCc1cc(S(N)(=O)=O)n(-c2ccc(Cl)c(Cl)c2)n1. The van der Waals surface area contributed by atoms with Crippen LogP contribution < -0.4 is 5.14 Å². The maximum Gasteiger partial charge on any atom is 0.255 e. The molecule has 1 heterocycles. The molecule has 0 aliphatic heterocycles. The molecule has 0 saturated heterocycles. The highest BCUT2D eigenvalue weighted by Crippen LogP contribution is 2.26. The van der Waals surface area contributed by atoms with Crippen molar-refractivity contribution in [3.8, 4) is 5.69 Å². The molecule has 0 unspecified atom stereocenters. The Kier molecular flexibility index (Phi) is 3.87. The third-order valence-corrected chi connectivity index (χ3v) is 4.14. The van der Waals surface area contributed by atoms with Crippen LogP contribution in [0.25, 0.3) is 5.69 Å². The Balaban J connectivity index is 2.67. The molecule has 0 aliphatic carbocycles. The Bertz CT molecular complexity index is 726. The van der Waals surface area contributed by atoms with Gasteiger partial charge in [0.15, 0.2) is 5.03 Å². The summed E-state index contributed by atoms with van der Waals surface area (Å²) in [4.78, 5) is 0. The first kappa shape index (κ1) is 14.3. The minimum atomic E-state index is -3.87. The van der Waals surface area contributed by atoms with Crippen LogP contribution in [0.4, 0.5) is 0 Å². The molecule has 0 bridgehead atoms. The number of sulfonamides is 1. The van der Waals surface area contributed by atoms with Crippen LogP contribution in [-0.2, 0) is 16.4 Å². The predicted molar refractivity (Wildman–Crippen MR) is 74.3 cm³/mol. The molecule has 0 atom stereocenters. The summed E-state index contributed by atoms with van der Waals surface area (Å²) in [7, 11) is -3.87. The van der Waals surface area contributed by atoms with Crippen molar-refractivity contribution in [2.45, 2.75) is 18.4 Å². The number of hydrogen-bond acceptors (Lipinski definition) is 3. The van der Waals surface area contributed by atoms with Crippen LogP contribution >= 0.6 is 23.2 Å². The predicted octanol–water partition coefficient (Wildman–Crippen LogP) is 2.39. The Morgan fingerprint density at radius 3 is 2.47 bits per heavy atom. The average Bonchev–Trinajstić information content (AvgIpc) is 2.76. The quantitative estimate of drug-likeness (QED) is 0.943. The van der Waals surface area contributed by atoms with E-state index >= 15 is 0 Å². The molecular formula is C11H11Cl2N3O2S. The largest absolute Gasteiger partial charge is 0.255 e. The van der Waals surface area contributed by atoms with Crippen LogP contribution in [0.15, 0.2) is 29.3 Å². The van der Waals surface area contributed by atoms with Gasteiger partial charge in [-0.3, -0.25) is 0 Å². The molecule has 2 rings (SSSR count). The molecule has 0 spiro atoms. The number of halogens is 2. The van der Waals surface area contributed by atoms with E-state index in [0.29, 0.717) is 27.8 Å². The molecule has 0 fully saturated rings. The van der Waals surface area contributed by atoms with Crippen molar-refractivity contribution in [1.82, 2.24) is 9.78 Å². The fourth-order valence-corrected chi connectivity index (χ4v) is 2.57. The van der Waals surface area contributed by atoms with Crippen molar-refractivity contribution in [3.63, 3.8) is 0 Å². The fourth-order valence-electron chi connectivity index (χ4n) is 1.59. The van der Waals surface area contributed by atoms with Crippen molar-refractivity contribution < 1.29 is 8.42 Å². The summed E-state index contributed by atoms with van der Waals surface area (Å²) in [5.41, 5.74) is 1.10. The van der Waals surface area contributed by atoms with Gasteiger partial charge in [0.2, 0.25) is 0 Å². The zero-order valence-electron chi connectivity index (χ0n) is 9.97. The lowest BCUT2D eigenvalue weighted by molar-refractivity contribution is 0.587. The van der Waals surface area contributed by atoms with Crippen LogP contribution in [0, 0.1) is 0 Å². The van der Waals surface area contributed by atoms with Gasteiger partial charge < -0.3 is 0 Å². The summed E-state index contributed by atoms with van der Waals surface area (Å²) in [6, 6.07) is 6.16. The maximum absolute atomic E-state index is 11.6. The Labute approximate surface area is 121 Å². The molecular weight excluding hydrogens is 309 g/mol. The van der Waals surface area contributed by atoms with E-state index < -0.39 is 10.0 Å². The molecule has 5 nitrogen and oxygen atoms in total. The molecule has 8 heteroatoms. The lowest BCUT2D eigenvalue weighted by atomic mass is 10.3. The van der Waals surface area contributed by atoms with Crippen LogP contribution in [0.5, 0.6) is 0 Å². The van der Waals surface area contributed by atoms with Gasteiger partial charge in [0.1, 0.15) is 0 Å². The standard InChI is InChI=1S/C11H11Cl2N3O2S/c1-2-7-5-11(19(14,17)18)16(15-7)8-3-4-9(12)10(13)6-8/h3-6H,2H2,1H3,(H2,14,17,18). The van der Waals surface area contributed by atoms with Gasteiger partial charge in [0, 0.05) is 6.07 Å². The second kappa shape index (κ2) is 5.13. The number of nitrogens with zero attached hydrogens (tertiary/aromatic N) is 2. The van der Waals surface area contributed by atoms with Crippen molar-refractivity contribution in [2.24, 2.45) is 5.14 Å². The van der Waals surface area contributed by atoms with Gasteiger partial charge in [0.05, 0.1) is 21.4 Å². The lowest BCUT2D eigenvalue weighted by Crippen LogP contribution is -2.17. The van der Waals surface area contributed by atoms with Gasteiger partial charge in [-0.25, -0.2) is 18.2 Å². The van der Waals surface area contributed by atoms with Gasteiger partial charge in [-0.15, -0.1) is 0 Å². The Morgan fingerprint density at radius 1 is 1.26 bits per heavy atom. The van der Waals surface area contributed by atoms with Crippen LogP contribution in [-0.4, -0.2) is 18.2 Å². The second-order valence-electron chi connectivity index (χ2n) is 3.88. The third-order valence-electron chi connectivity index (χ3n) is 2.53. The second-order valence-corrected chi connectivity index (χ2v) is 6.21. The third kappa shape index (κ3) is 2.92. The average molecular weight is 320 g/mol. The highest BCUT2D eigenvalue weighted by atomic mass is 35.5. The molecule has 2 aromatic rings. The first-order valence-corrected chi connectivity index (χ1v) is 7.70. The molecule has 0 radical (unpaired) electrons. The molecule has 2 N–H and O–H groups in total. The fraction of sp³-hybridized carbons (Fsp3) is 0.182. The van der Waals surface area contributed by atoms with Crippen LogP contribution in [0.3, 0.4) is 0 Å². The summed E-state index contributed by atoms with van der Waals surface area (Å²) in [6.07, 6.45) is 0.594. The molecule has 0 amide bonds. The first-order valence-electron chi connectivity index (χ1n) is 5.40. The number of aromatic nitrogens is 2. The molecule has 1 aromatic heterocycles. The summed E-state index contributed by atoms with van der Waals surface area (Å²) < 4.78 is 24.4. The van der Waals surface area contributed by atoms with Crippen LogP contribution in [0.1, 0.15) is 12.6 Å². The summed E-state index contributed by atoms with van der Waals surface area (Å²) >= 11 is 11.7. The van der Waals surface area contributed by atoms with Gasteiger partial charge in [-0.2, -0.15) is 5.10 Å². The number of aryl methyl sites for hydroxylation is 1. The van der Waals surface area contributed by atoms with Crippen LogP contribution in [0.2, 0.25) is 10.0 Å².